The van der Waals surface area contributed by atoms with Gasteiger partial charge in [-0.05, 0) is 66.6 Å². The molecule has 1 fully saturated rings. The summed E-state index contributed by atoms with van der Waals surface area (Å²) < 4.78 is 19.1. The fraction of sp³-hybridized carbons (Fsp3) is 0.368. The van der Waals surface area contributed by atoms with E-state index in [1.807, 2.05) is 29.3 Å². The first-order valence-electron chi connectivity index (χ1n) is 8.17. The van der Waals surface area contributed by atoms with Crippen molar-refractivity contribution in [2.45, 2.75) is 25.3 Å². The Labute approximate surface area is 147 Å². The average Bonchev–Trinajstić information content (AvgIpc) is 2.55. The Balaban J connectivity index is 1.91. The summed E-state index contributed by atoms with van der Waals surface area (Å²) in [5, 5.41) is 2.52. The van der Waals surface area contributed by atoms with Crippen LogP contribution >= 0.6 is 11.6 Å². The molecule has 24 heavy (non-hydrogen) atoms. The maximum absolute atomic E-state index is 13.7. The molecule has 0 aliphatic carbocycles. The summed E-state index contributed by atoms with van der Waals surface area (Å²) >= 11 is 6.15. The minimum Gasteiger partial charge on any atom is -0.496 e. The molecular formula is C19H22ClFN2O. The van der Waals surface area contributed by atoms with Crippen molar-refractivity contribution in [1.29, 1.82) is 0 Å². The van der Waals surface area contributed by atoms with Gasteiger partial charge in [0.2, 0.25) is 0 Å². The zero-order valence-corrected chi connectivity index (χ0v) is 14.5. The largest absolute Gasteiger partial charge is 0.496 e. The lowest BCUT2D eigenvalue weighted by Gasteiger charge is -2.39. The summed E-state index contributed by atoms with van der Waals surface area (Å²) in [5.74, 6) is 7.13. The van der Waals surface area contributed by atoms with E-state index in [9.17, 15) is 4.39 Å². The fourth-order valence-electron chi connectivity index (χ4n) is 3.66. The van der Waals surface area contributed by atoms with E-state index in [1.54, 1.807) is 19.2 Å². The molecule has 0 radical (unpaired) electrons. The van der Waals surface area contributed by atoms with E-state index in [0.29, 0.717) is 5.02 Å². The molecule has 2 N–H and O–H groups in total. The summed E-state index contributed by atoms with van der Waals surface area (Å²) in [4.78, 5) is 0. The fourth-order valence-corrected chi connectivity index (χ4v) is 3.86. The molecule has 2 aromatic rings. The number of hydrogen-bond donors (Lipinski definition) is 1. The smallest absolute Gasteiger partial charge is 0.123 e. The molecule has 5 heteroatoms. The van der Waals surface area contributed by atoms with Crippen molar-refractivity contribution < 1.29 is 9.13 Å². The quantitative estimate of drug-likeness (QED) is 0.834. The Kier molecular flexibility index (Phi) is 5.39. The predicted octanol–water partition coefficient (Wildman–Crippen LogP) is 4.36. The van der Waals surface area contributed by atoms with E-state index in [2.05, 4.69) is 0 Å². The van der Waals surface area contributed by atoms with Gasteiger partial charge in [-0.15, -0.1) is 0 Å². The third-order valence-corrected chi connectivity index (χ3v) is 4.94. The minimum atomic E-state index is -0.231. The zero-order chi connectivity index (χ0) is 17.1. The monoisotopic (exact) mass is 348 g/mol. The normalized spacial score (nSPS) is 21.7. The van der Waals surface area contributed by atoms with Crippen molar-refractivity contribution in [3.8, 4) is 5.75 Å². The standard InChI is InChI=1S/C19H22ClFN2O/c1-24-18-8-7-16(20)11-15(18)10-13-5-3-9-23(22)19(13)14-4-2-6-17(21)12-14/h2,4,6-8,11-13,19H,3,5,9-10,22H2,1H3/t13-,19-/m1/s1. The lowest BCUT2D eigenvalue weighted by atomic mass is 9.81. The predicted molar refractivity (Wildman–Crippen MR) is 94.5 cm³/mol. The maximum atomic E-state index is 13.7. The molecule has 3 nitrogen and oxygen atoms in total. The Morgan fingerprint density at radius 2 is 2.12 bits per heavy atom. The maximum Gasteiger partial charge on any atom is 0.123 e. The molecule has 0 saturated carbocycles. The summed E-state index contributed by atoms with van der Waals surface area (Å²) in [6.07, 6.45) is 2.85. The number of halogens is 2. The molecule has 0 amide bonds. The minimum absolute atomic E-state index is 0.0156. The number of nitrogens with two attached hydrogens (primary N) is 1. The lowest BCUT2D eigenvalue weighted by Crippen LogP contribution is -2.44. The van der Waals surface area contributed by atoms with Crippen LogP contribution in [0.1, 0.15) is 30.0 Å². The van der Waals surface area contributed by atoms with Gasteiger partial charge in [-0.2, -0.15) is 0 Å². The van der Waals surface area contributed by atoms with Crippen LogP contribution in [-0.2, 0) is 6.42 Å². The summed E-state index contributed by atoms with van der Waals surface area (Å²) in [5.41, 5.74) is 1.98. The molecular weight excluding hydrogens is 327 g/mol. The van der Waals surface area contributed by atoms with Crippen LogP contribution in [0.15, 0.2) is 42.5 Å². The third-order valence-electron chi connectivity index (χ3n) is 4.71. The Bertz CT molecular complexity index is 710. The Hall–Kier alpha value is -1.62. The van der Waals surface area contributed by atoms with E-state index >= 15 is 0 Å². The Morgan fingerprint density at radius 3 is 2.88 bits per heavy atom. The number of hydrogen-bond acceptors (Lipinski definition) is 3. The highest BCUT2D eigenvalue weighted by molar-refractivity contribution is 6.30. The van der Waals surface area contributed by atoms with Crippen LogP contribution < -0.4 is 10.6 Å². The van der Waals surface area contributed by atoms with Crippen LogP contribution in [0, 0.1) is 11.7 Å². The Morgan fingerprint density at radius 1 is 1.29 bits per heavy atom. The van der Waals surface area contributed by atoms with Crippen LogP contribution in [0.25, 0.3) is 0 Å². The SMILES string of the molecule is COc1ccc(Cl)cc1C[C@H]1CCCN(N)[C@H]1c1cccc(F)c1. The highest BCUT2D eigenvalue weighted by atomic mass is 35.5. The number of methoxy groups -OCH3 is 1. The van der Waals surface area contributed by atoms with Gasteiger partial charge in [-0.25, -0.2) is 9.40 Å². The first kappa shape index (κ1) is 17.2. The van der Waals surface area contributed by atoms with E-state index in [4.69, 9.17) is 22.2 Å². The van der Waals surface area contributed by atoms with Gasteiger partial charge in [0.1, 0.15) is 11.6 Å². The topological polar surface area (TPSA) is 38.5 Å². The van der Waals surface area contributed by atoms with E-state index in [0.717, 1.165) is 42.7 Å². The molecule has 1 aliphatic rings. The van der Waals surface area contributed by atoms with Crippen LogP contribution in [0.2, 0.25) is 5.02 Å². The van der Waals surface area contributed by atoms with E-state index < -0.39 is 0 Å². The second-order valence-corrected chi connectivity index (χ2v) is 6.74. The number of hydrazine groups is 1. The molecule has 1 aliphatic heterocycles. The second kappa shape index (κ2) is 7.51. The van der Waals surface area contributed by atoms with E-state index in [1.165, 1.54) is 6.07 Å². The highest BCUT2D eigenvalue weighted by Crippen LogP contribution is 2.38. The number of ether oxygens (including phenoxy) is 1. The molecule has 1 saturated heterocycles. The summed E-state index contributed by atoms with van der Waals surface area (Å²) in [6, 6.07) is 12.4. The van der Waals surface area contributed by atoms with Gasteiger partial charge in [0.05, 0.1) is 13.2 Å². The van der Waals surface area contributed by atoms with Crippen molar-refractivity contribution >= 4 is 11.6 Å². The van der Waals surface area contributed by atoms with Gasteiger partial charge in [0, 0.05) is 11.6 Å². The number of benzene rings is 2. The molecule has 2 aromatic carbocycles. The molecule has 0 aromatic heterocycles. The van der Waals surface area contributed by atoms with Crippen molar-refractivity contribution in [2.75, 3.05) is 13.7 Å². The lowest BCUT2D eigenvalue weighted by molar-refractivity contribution is 0.0920. The van der Waals surface area contributed by atoms with Gasteiger partial charge in [-0.3, -0.25) is 5.84 Å². The zero-order valence-electron chi connectivity index (χ0n) is 13.7. The van der Waals surface area contributed by atoms with Crippen molar-refractivity contribution in [2.24, 2.45) is 11.8 Å². The first-order valence-corrected chi connectivity index (χ1v) is 8.55. The molecule has 3 rings (SSSR count). The van der Waals surface area contributed by atoms with Crippen LogP contribution in [0.5, 0.6) is 5.75 Å². The van der Waals surface area contributed by atoms with Crippen molar-refractivity contribution in [1.82, 2.24) is 5.01 Å². The number of rotatable bonds is 4. The van der Waals surface area contributed by atoms with Gasteiger partial charge < -0.3 is 4.74 Å². The average molecular weight is 349 g/mol. The summed E-state index contributed by atoms with van der Waals surface area (Å²) in [7, 11) is 1.66. The molecule has 1 heterocycles. The van der Waals surface area contributed by atoms with Crippen LogP contribution in [-0.4, -0.2) is 18.7 Å². The number of nitrogens with zero attached hydrogens (tertiary/aromatic N) is 1. The molecule has 0 spiro atoms. The molecule has 2 atom stereocenters. The molecule has 128 valence electrons. The third kappa shape index (κ3) is 3.72. The highest BCUT2D eigenvalue weighted by Gasteiger charge is 2.32. The van der Waals surface area contributed by atoms with Crippen LogP contribution in [0.3, 0.4) is 0 Å². The van der Waals surface area contributed by atoms with Crippen LogP contribution in [0.4, 0.5) is 4.39 Å². The molecule has 0 unspecified atom stereocenters. The van der Waals surface area contributed by atoms with Gasteiger partial charge in [0.25, 0.3) is 0 Å². The summed E-state index contributed by atoms with van der Waals surface area (Å²) in [6.45, 7) is 0.810. The van der Waals surface area contributed by atoms with Gasteiger partial charge in [-0.1, -0.05) is 23.7 Å². The molecule has 0 bridgehead atoms. The first-order chi connectivity index (χ1) is 11.6. The second-order valence-electron chi connectivity index (χ2n) is 6.30. The van der Waals surface area contributed by atoms with E-state index in [-0.39, 0.29) is 17.8 Å². The van der Waals surface area contributed by atoms with Crippen molar-refractivity contribution in [3.05, 3.63) is 64.4 Å². The van der Waals surface area contributed by atoms with Gasteiger partial charge >= 0.3 is 0 Å². The van der Waals surface area contributed by atoms with Gasteiger partial charge in [0.15, 0.2) is 0 Å². The number of piperidine rings is 1. The van der Waals surface area contributed by atoms with Crippen molar-refractivity contribution in [3.63, 3.8) is 0 Å².